The van der Waals surface area contributed by atoms with Gasteiger partial charge in [0.15, 0.2) is 0 Å². The summed E-state index contributed by atoms with van der Waals surface area (Å²) in [5.41, 5.74) is 7.39. The molecule has 0 unspecified atom stereocenters. The van der Waals surface area contributed by atoms with Gasteiger partial charge in [-0.25, -0.2) is 4.98 Å². The molecule has 2 N–H and O–H groups in total. The highest BCUT2D eigenvalue weighted by Gasteiger charge is 2.19. The number of hydrogen-bond donors (Lipinski definition) is 1. The maximum Gasteiger partial charge on any atom is 0.278 e. The molecule has 0 aliphatic carbocycles. The van der Waals surface area contributed by atoms with Gasteiger partial charge in [0.1, 0.15) is 5.69 Å². The summed E-state index contributed by atoms with van der Waals surface area (Å²) in [6.07, 6.45) is 3.51. The second-order valence-corrected chi connectivity index (χ2v) is 5.08. The molecule has 2 rings (SSSR count). The minimum Gasteiger partial charge on any atom is -0.393 e. The monoisotopic (exact) mass is 300 g/mol. The Hall–Kier alpha value is -2.34. The van der Waals surface area contributed by atoms with Crippen LogP contribution >= 0.6 is 12.2 Å². The zero-order valence-electron chi connectivity index (χ0n) is 11.7. The Bertz CT molecular complexity index is 628. The number of nitrogens with zero attached hydrogens (tertiary/aromatic N) is 3. The Kier molecular flexibility index (Phi) is 4.94. The molecule has 0 radical (unpaired) electrons. The fourth-order valence-electron chi connectivity index (χ4n) is 1.82. The average Bonchev–Trinajstić information content (AvgIpc) is 2.49. The zero-order chi connectivity index (χ0) is 15.2. The number of para-hydroxylation sites is 1. The lowest BCUT2D eigenvalue weighted by atomic mass is 10.2. The van der Waals surface area contributed by atoms with Gasteiger partial charge in [-0.05, 0) is 19.1 Å². The molecule has 0 aliphatic rings. The van der Waals surface area contributed by atoms with E-state index in [-0.39, 0.29) is 5.91 Å². The maximum atomic E-state index is 12.6. The summed E-state index contributed by atoms with van der Waals surface area (Å²) in [5, 5.41) is 0. The van der Waals surface area contributed by atoms with Crippen molar-refractivity contribution >= 4 is 28.8 Å². The Morgan fingerprint density at radius 1 is 1.24 bits per heavy atom. The van der Waals surface area contributed by atoms with Crippen molar-refractivity contribution in [2.45, 2.75) is 13.3 Å². The zero-order valence-corrected chi connectivity index (χ0v) is 12.5. The van der Waals surface area contributed by atoms with Crippen LogP contribution in [0.2, 0.25) is 0 Å². The van der Waals surface area contributed by atoms with E-state index in [1.54, 1.807) is 11.1 Å². The van der Waals surface area contributed by atoms with Crippen LogP contribution in [0.4, 0.5) is 5.69 Å². The van der Waals surface area contributed by atoms with Gasteiger partial charge in [0.05, 0.1) is 16.9 Å². The van der Waals surface area contributed by atoms with Gasteiger partial charge in [-0.1, -0.05) is 30.4 Å². The van der Waals surface area contributed by atoms with Crippen LogP contribution in [0.3, 0.4) is 0 Å². The van der Waals surface area contributed by atoms with Gasteiger partial charge in [-0.2, -0.15) is 0 Å². The molecule has 2 aromatic rings. The number of rotatable bonds is 5. The summed E-state index contributed by atoms with van der Waals surface area (Å²) < 4.78 is 0. The summed E-state index contributed by atoms with van der Waals surface area (Å²) >= 11 is 4.90. The lowest BCUT2D eigenvalue weighted by Crippen LogP contribution is -2.34. The minimum absolute atomic E-state index is 0.218. The molecule has 0 bridgehead atoms. The standard InChI is InChI=1S/C15H16N4OS/c1-11-9-18-13(10-17-11)15(20)19(8-7-14(16)21)12-5-3-2-4-6-12/h2-6,9-10H,7-8H2,1H3,(H2,16,21). The van der Waals surface area contributed by atoms with Crippen LogP contribution in [0.5, 0.6) is 0 Å². The average molecular weight is 300 g/mol. The number of anilines is 1. The van der Waals surface area contributed by atoms with E-state index in [0.717, 1.165) is 11.4 Å². The van der Waals surface area contributed by atoms with E-state index in [0.29, 0.717) is 23.6 Å². The van der Waals surface area contributed by atoms with Crippen molar-refractivity contribution in [1.29, 1.82) is 0 Å². The third-order valence-corrected chi connectivity index (χ3v) is 3.10. The molecule has 0 fully saturated rings. The van der Waals surface area contributed by atoms with E-state index in [1.165, 1.54) is 6.20 Å². The Morgan fingerprint density at radius 2 is 1.95 bits per heavy atom. The van der Waals surface area contributed by atoms with Gasteiger partial charge >= 0.3 is 0 Å². The first-order chi connectivity index (χ1) is 10.1. The predicted octanol–water partition coefficient (Wildman–Crippen LogP) is 2.11. The molecule has 0 spiro atoms. The molecule has 0 atom stereocenters. The molecule has 1 aromatic heterocycles. The van der Waals surface area contributed by atoms with E-state index in [1.807, 2.05) is 37.3 Å². The fourth-order valence-corrected chi connectivity index (χ4v) is 1.91. The number of benzene rings is 1. The minimum atomic E-state index is -0.218. The van der Waals surface area contributed by atoms with Crippen molar-refractivity contribution < 1.29 is 4.79 Å². The van der Waals surface area contributed by atoms with Crippen LogP contribution in [0.25, 0.3) is 0 Å². The molecule has 1 heterocycles. The summed E-state index contributed by atoms with van der Waals surface area (Å²) in [7, 11) is 0. The maximum absolute atomic E-state index is 12.6. The van der Waals surface area contributed by atoms with Crippen LogP contribution in [0.1, 0.15) is 22.6 Å². The van der Waals surface area contributed by atoms with Crippen LogP contribution in [0, 0.1) is 6.92 Å². The molecular weight excluding hydrogens is 284 g/mol. The third-order valence-electron chi connectivity index (χ3n) is 2.89. The molecule has 0 saturated heterocycles. The second kappa shape index (κ2) is 6.90. The number of carbonyl (C=O) groups is 1. The number of carbonyl (C=O) groups excluding carboxylic acids is 1. The summed E-state index contributed by atoms with van der Waals surface area (Å²) in [5.74, 6) is -0.218. The Balaban J connectivity index is 2.28. The van der Waals surface area contributed by atoms with Gasteiger partial charge < -0.3 is 10.6 Å². The van der Waals surface area contributed by atoms with E-state index in [9.17, 15) is 4.79 Å². The molecule has 5 nitrogen and oxygen atoms in total. The Labute approximate surface area is 128 Å². The highest BCUT2D eigenvalue weighted by atomic mass is 32.1. The topological polar surface area (TPSA) is 72.1 Å². The van der Waals surface area contributed by atoms with Crippen LogP contribution in [-0.4, -0.2) is 27.4 Å². The first-order valence-corrected chi connectivity index (χ1v) is 6.92. The first-order valence-electron chi connectivity index (χ1n) is 6.52. The van der Waals surface area contributed by atoms with E-state index >= 15 is 0 Å². The lowest BCUT2D eigenvalue weighted by Gasteiger charge is -2.22. The number of amides is 1. The SMILES string of the molecule is Cc1cnc(C(=O)N(CCC(N)=S)c2ccccc2)cn1. The third kappa shape index (κ3) is 4.06. The van der Waals surface area contributed by atoms with Crippen molar-refractivity contribution in [3.8, 4) is 0 Å². The largest absolute Gasteiger partial charge is 0.393 e. The van der Waals surface area contributed by atoms with Crippen LogP contribution < -0.4 is 10.6 Å². The van der Waals surface area contributed by atoms with Gasteiger partial charge in [0.2, 0.25) is 0 Å². The predicted molar refractivity (Wildman–Crippen MR) is 86.3 cm³/mol. The number of aromatic nitrogens is 2. The summed E-state index contributed by atoms with van der Waals surface area (Å²) in [6, 6.07) is 9.36. The van der Waals surface area contributed by atoms with Crippen LogP contribution in [0.15, 0.2) is 42.7 Å². The van der Waals surface area contributed by atoms with Gasteiger partial charge in [0, 0.05) is 24.8 Å². The molecule has 0 aliphatic heterocycles. The van der Waals surface area contributed by atoms with E-state index in [2.05, 4.69) is 9.97 Å². The highest BCUT2D eigenvalue weighted by molar-refractivity contribution is 7.80. The normalized spacial score (nSPS) is 10.1. The van der Waals surface area contributed by atoms with Crippen molar-refractivity contribution in [3.05, 3.63) is 54.1 Å². The van der Waals surface area contributed by atoms with Crippen molar-refractivity contribution in [1.82, 2.24) is 9.97 Å². The molecular formula is C15H16N4OS. The molecule has 0 saturated carbocycles. The molecule has 108 valence electrons. The lowest BCUT2D eigenvalue weighted by molar-refractivity contribution is 0.0982. The highest BCUT2D eigenvalue weighted by Crippen LogP contribution is 2.16. The van der Waals surface area contributed by atoms with Crippen molar-refractivity contribution in [3.63, 3.8) is 0 Å². The van der Waals surface area contributed by atoms with Crippen molar-refractivity contribution in [2.75, 3.05) is 11.4 Å². The van der Waals surface area contributed by atoms with Gasteiger partial charge in [0.25, 0.3) is 5.91 Å². The van der Waals surface area contributed by atoms with E-state index in [4.69, 9.17) is 18.0 Å². The van der Waals surface area contributed by atoms with Gasteiger partial charge in [-0.15, -0.1) is 0 Å². The van der Waals surface area contributed by atoms with Crippen molar-refractivity contribution in [2.24, 2.45) is 5.73 Å². The number of nitrogens with two attached hydrogens (primary N) is 1. The summed E-state index contributed by atoms with van der Waals surface area (Å²) in [6.45, 7) is 2.23. The first kappa shape index (κ1) is 15.1. The van der Waals surface area contributed by atoms with E-state index < -0.39 is 0 Å². The second-order valence-electron chi connectivity index (χ2n) is 4.55. The smallest absolute Gasteiger partial charge is 0.278 e. The Morgan fingerprint density at radius 3 is 2.52 bits per heavy atom. The van der Waals surface area contributed by atoms with Crippen LogP contribution in [-0.2, 0) is 0 Å². The number of aryl methyl sites for hydroxylation is 1. The quantitative estimate of drug-likeness (QED) is 0.856. The fraction of sp³-hybridized carbons (Fsp3) is 0.200. The molecule has 1 amide bonds. The summed E-state index contributed by atoms with van der Waals surface area (Å²) in [4.78, 5) is 22.8. The molecule has 21 heavy (non-hydrogen) atoms. The molecule has 6 heteroatoms. The number of hydrogen-bond acceptors (Lipinski definition) is 4. The molecule has 1 aromatic carbocycles. The van der Waals surface area contributed by atoms with Gasteiger partial charge in [-0.3, -0.25) is 9.78 Å². The number of thiocarbonyl (C=S) groups is 1.